The highest BCUT2D eigenvalue weighted by Crippen LogP contribution is 2.39. The molecule has 6 nitrogen and oxygen atoms in total. The maximum absolute atomic E-state index is 12.4. The van der Waals surface area contributed by atoms with E-state index in [4.69, 9.17) is 9.47 Å². The average molecular weight is 288 g/mol. The van der Waals surface area contributed by atoms with Crippen molar-refractivity contribution in [3.63, 3.8) is 0 Å². The van der Waals surface area contributed by atoms with Gasteiger partial charge in [-0.1, -0.05) is 0 Å². The fourth-order valence-electron chi connectivity index (χ4n) is 3.52. The number of fused-ring (bicyclic) bond motifs is 1. The maximum Gasteiger partial charge on any atom is 0.263 e. The van der Waals surface area contributed by atoms with Crippen LogP contribution in [0.2, 0.25) is 0 Å². The number of hydrogen-bond acceptors (Lipinski definition) is 5. The molecule has 0 unspecified atom stereocenters. The lowest BCUT2D eigenvalue weighted by molar-refractivity contribution is -0.181. The van der Waals surface area contributed by atoms with Crippen molar-refractivity contribution in [3.8, 4) is 0 Å². The molecular weight excluding hydrogens is 272 g/mol. The Balaban J connectivity index is 1.54. The maximum atomic E-state index is 12.4. The van der Waals surface area contributed by atoms with E-state index >= 15 is 0 Å². The molecule has 3 heterocycles. The van der Waals surface area contributed by atoms with Crippen molar-refractivity contribution in [3.05, 3.63) is 29.6 Å². The molecule has 0 radical (unpaired) electrons. The molecule has 1 aromatic heterocycles. The van der Waals surface area contributed by atoms with Crippen LogP contribution >= 0.6 is 0 Å². The van der Waals surface area contributed by atoms with Crippen LogP contribution in [0.5, 0.6) is 0 Å². The zero-order valence-corrected chi connectivity index (χ0v) is 11.6. The second-order valence-corrected chi connectivity index (χ2v) is 5.74. The van der Waals surface area contributed by atoms with E-state index in [1.54, 1.807) is 12.3 Å². The van der Waals surface area contributed by atoms with Gasteiger partial charge in [0.1, 0.15) is 0 Å². The van der Waals surface area contributed by atoms with Gasteiger partial charge in [0.25, 0.3) is 11.8 Å². The number of amides is 2. The fraction of sp³-hybridized carbons (Fsp3) is 0.533. The minimum absolute atomic E-state index is 0.0733. The van der Waals surface area contributed by atoms with Crippen LogP contribution in [-0.2, 0) is 9.47 Å². The fourth-order valence-corrected chi connectivity index (χ4v) is 3.52. The Kier molecular flexibility index (Phi) is 2.83. The molecule has 1 saturated heterocycles. The Morgan fingerprint density at radius 1 is 1.10 bits per heavy atom. The van der Waals surface area contributed by atoms with Gasteiger partial charge in [0.05, 0.1) is 24.3 Å². The standard InChI is InChI=1S/C15H16N2O4/c18-13-11-3-6-16-9-12(11)14(19)17(13)10-1-4-15(5-2-10)20-7-8-21-15/h3,6,9-10H,1-2,4-5,7-8H2. The Morgan fingerprint density at radius 2 is 1.76 bits per heavy atom. The highest BCUT2D eigenvalue weighted by Gasteiger charge is 2.46. The lowest BCUT2D eigenvalue weighted by Crippen LogP contribution is -2.46. The largest absolute Gasteiger partial charge is 0.348 e. The third-order valence-corrected chi connectivity index (χ3v) is 4.62. The molecular formula is C15H16N2O4. The topological polar surface area (TPSA) is 68.7 Å². The van der Waals surface area contributed by atoms with Gasteiger partial charge in [0.15, 0.2) is 5.79 Å². The predicted molar refractivity (Wildman–Crippen MR) is 71.6 cm³/mol. The number of carbonyl (C=O) groups is 2. The van der Waals surface area contributed by atoms with E-state index in [9.17, 15) is 9.59 Å². The summed E-state index contributed by atoms with van der Waals surface area (Å²) in [4.78, 5) is 30.2. The van der Waals surface area contributed by atoms with Crippen LogP contribution in [0.3, 0.4) is 0 Å². The minimum Gasteiger partial charge on any atom is -0.348 e. The zero-order chi connectivity index (χ0) is 14.4. The van der Waals surface area contributed by atoms with E-state index in [0.717, 1.165) is 25.7 Å². The van der Waals surface area contributed by atoms with Gasteiger partial charge in [-0.15, -0.1) is 0 Å². The van der Waals surface area contributed by atoms with Gasteiger partial charge >= 0.3 is 0 Å². The first-order valence-electron chi connectivity index (χ1n) is 7.30. The van der Waals surface area contributed by atoms with E-state index in [-0.39, 0.29) is 17.9 Å². The molecule has 2 fully saturated rings. The summed E-state index contributed by atoms with van der Waals surface area (Å²) < 4.78 is 11.4. The zero-order valence-electron chi connectivity index (χ0n) is 11.6. The smallest absolute Gasteiger partial charge is 0.263 e. The highest BCUT2D eigenvalue weighted by molar-refractivity contribution is 6.21. The van der Waals surface area contributed by atoms with Gasteiger partial charge in [-0.05, 0) is 18.9 Å². The summed E-state index contributed by atoms with van der Waals surface area (Å²) in [6.07, 6.45) is 5.91. The molecule has 2 amide bonds. The van der Waals surface area contributed by atoms with Crippen LogP contribution in [0, 0.1) is 0 Å². The summed E-state index contributed by atoms with van der Waals surface area (Å²) >= 11 is 0. The number of hydrogen-bond donors (Lipinski definition) is 0. The van der Waals surface area contributed by atoms with E-state index in [1.165, 1.54) is 11.1 Å². The number of carbonyl (C=O) groups excluding carboxylic acids is 2. The van der Waals surface area contributed by atoms with Crippen LogP contribution in [0.15, 0.2) is 18.5 Å². The van der Waals surface area contributed by atoms with Crippen molar-refractivity contribution in [2.45, 2.75) is 37.5 Å². The molecule has 0 bridgehead atoms. The Hall–Kier alpha value is -1.79. The SMILES string of the molecule is O=C1c2ccncc2C(=O)N1C1CCC2(CC1)OCCO2. The number of pyridine rings is 1. The Labute approximate surface area is 122 Å². The van der Waals surface area contributed by atoms with Crippen molar-refractivity contribution < 1.29 is 19.1 Å². The minimum atomic E-state index is -0.475. The molecule has 0 N–H and O–H groups in total. The molecule has 0 aromatic carbocycles. The quantitative estimate of drug-likeness (QED) is 0.730. The number of ether oxygens (including phenoxy) is 2. The molecule has 21 heavy (non-hydrogen) atoms. The lowest BCUT2D eigenvalue weighted by Gasteiger charge is -2.38. The van der Waals surface area contributed by atoms with Crippen molar-refractivity contribution in [2.75, 3.05) is 13.2 Å². The molecule has 6 heteroatoms. The van der Waals surface area contributed by atoms with Gasteiger partial charge in [0.2, 0.25) is 0 Å². The van der Waals surface area contributed by atoms with Crippen molar-refractivity contribution in [1.82, 2.24) is 9.88 Å². The molecule has 4 rings (SSSR count). The summed E-state index contributed by atoms with van der Waals surface area (Å²) in [5, 5.41) is 0. The van der Waals surface area contributed by atoms with Crippen LogP contribution in [0.4, 0.5) is 0 Å². The second-order valence-electron chi connectivity index (χ2n) is 5.74. The van der Waals surface area contributed by atoms with Crippen molar-refractivity contribution in [2.24, 2.45) is 0 Å². The number of rotatable bonds is 1. The lowest BCUT2D eigenvalue weighted by atomic mass is 9.89. The van der Waals surface area contributed by atoms with Crippen molar-refractivity contribution in [1.29, 1.82) is 0 Å². The Morgan fingerprint density at radius 3 is 2.43 bits per heavy atom. The van der Waals surface area contributed by atoms with Gasteiger partial charge in [-0.25, -0.2) is 0 Å². The average Bonchev–Trinajstić information content (AvgIpc) is 3.06. The first-order chi connectivity index (χ1) is 10.2. The van der Waals surface area contributed by atoms with Gasteiger partial charge in [-0.3, -0.25) is 19.5 Å². The van der Waals surface area contributed by atoms with Crippen molar-refractivity contribution >= 4 is 11.8 Å². The molecule has 1 saturated carbocycles. The predicted octanol–water partition coefficient (Wildman–Crippen LogP) is 1.36. The Bertz CT molecular complexity index is 564. The summed E-state index contributed by atoms with van der Waals surface area (Å²) in [6.45, 7) is 1.26. The first-order valence-corrected chi connectivity index (χ1v) is 7.30. The van der Waals surface area contributed by atoms with E-state index in [2.05, 4.69) is 4.98 Å². The third kappa shape index (κ3) is 1.90. The number of aromatic nitrogens is 1. The molecule has 1 aliphatic carbocycles. The van der Waals surface area contributed by atoms with Crippen LogP contribution in [0.1, 0.15) is 46.4 Å². The summed E-state index contributed by atoms with van der Waals surface area (Å²) in [5.41, 5.74) is 0.875. The molecule has 1 aromatic rings. The highest BCUT2D eigenvalue weighted by atomic mass is 16.7. The van der Waals surface area contributed by atoms with Gasteiger partial charge < -0.3 is 9.47 Å². The summed E-state index contributed by atoms with van der Waals surface area (Å²) in [6, 6.07) is 1.54. The van der Waals surface area contributed by atoms with Crippen LogP contribution in [-0.4, -0.2) is 46.7 Å². The second kappa shape index (κ2) is 4.61. The third-order valence-electron chi connectivity index (χ3n) is 4.62. The molecule has 3 aliphatic rings. The van der Waals surface area contributed by atoms with Gasteiger partial charge in [0, 0.05) is 31.3 Å². The summed E-state index contributed by atoms with van der Waals surface area (Å²) in [7, 11) is 0. The molecule has 1 spiro atoms. The normalized spacial score (nSPS) is 24.9. The van der Waals surface area contributed by atoms with E-state index in [1.807, 2.05) is 0 Å². The van der Waals surface area contributed by atoms with E-state index < -0.39 is 5.79 Å². The molecule has 2 aliphatic heterocycles. The van der Waals surface area contributed by atoms with Crippen LogP contribution < -0.4 is 0 Å². The number of imide groups is 1. The monoisotopic (exact) mass is 288 g/mol. The number of nitrogens with zero attached hydrogens (tertiary/aromatic N) is 2. The first kappa shape index (κ1) is 12.9. The van der Waals surface area contributed by atoms with Crippen LogP contribution in [0.25, 0.3) is 0 Å². The molecule has 0 atom stereocenters. The summed E-state index contributed by atoms with van der Waals surface area (Å²) in [5.74, 6) is -0.902. The van der Waals surface area contributed by atoms with E-state index in [0.29, 0.717) is 24.3 Å². The molecule has 110 valence electrons. The van der Waals surface area contributed by atoms with Gasteiger partial charge in [-0.2, -0.15) is 0 Å².